The van der Waals surface area contributed by atoms with E-state index < -0.39 is 16.9 Å². The van der Waals surface area contributed by atoms with Crippen LogP contribution in [0.5, 0.6) is 0 Å². The second kappa shape index (κ2) is 10.2. The molecule has 8 heteroatoms. The first-order valence-corrected chi connectivity index (χ1v) is 12.7. The maximum Gasteiger partial charge on any atom is 0.332 e. The Morgan fingerprint density at radius 1 is 0.972 bits per heavy atom. The number of carbonyl (C=O) groups is 2. The van der Waals surface area contributed by atoms with Gasteiger partial charge in [0.1, 0.15) is 0 Å². The maximum atomic E-state index is 12.8. The van der Waals surface area contributed by atoms with Crippen LogP contribution in [0.15, 0.2) is 96.0 Å². The summed E-state index contributed by atoms with van der Waals surface area (Å²) in [7, 11) is 0. The van der Waals surface area contributed by atoms with Gasteiger partial charge in [0.15, 0.2) is 12.1 Å². The summed E-state index contributed by atoms with van der Waals surface area (Å²) < 4.78 is -0.572. The number of rotatable bonds is 8. The van der Waals surface area contributed by atoms with Crippen molar-refractivity contribution in [1.29, 1.82) is 0 Å². The lowest BCUT2D eigenvalue weighted by Gasteiger charge is -2.44. The molecule has 3 aromatic rings. The first-order valence-electron chi connectivity index (χ1n) is 11.8. The van der Waals surface area contributed by atoms with E-state index in [9.17, 15) is 9.59 Å². The molecule has 3 atom stereocenters. The topological polar surface area (TPSA) is 80.2 Å². The molecule has 1 fully saturated rings. The number of hydroxylamine groups is 2. The van der Waals surface area contributed by atoms with Crippen molar-refractivity contribution in [2.45, 2.75) is 36.6 Å². The number of β-lactam (4-membered cyclic amide) rings is 1. The van der Waals surface area contributed by atoms with Crippen LogP contribution in [0, 0.1) is 5.92 Å². The van der Waals surface area contributed by atoms with Crippen LogP contribution in [-0.2, 0) is 24.0 Å². The molecule has 2 heterocycles. The molecule has 0 spiro atoms. The molecule has 2 aliphatic heterocycles. The summed E-state index contributed by atoms with van der Waals surface area (Å²) in [6.07, 6.45) is -0.208. The Balaban J connectivity index is 1.52. The minimum absolute atomic E-state index is 0.0689. The SMILES string of the molecule is CC(=O)ON1OC(C)N=C1CC1C(=O)NC1SC(c1ccccc1)(c1ccccc1)c1ccccc1. The molecule has 36 heavy (non-hydrogen) atoms. The number of nitrogens with zero attached hydrogens (tertiary/aromatic N) is 2. The highest BCUT2D eigenvalue weighted by molar-refractivity contribution is 8.01. The molecular formula is C28H27N3O4S. The van der Waals surface area contributed by atoms with Crippen LogP contribution in [0.4, 0.5) is 0 Å². The molecule has 1 N–H and O–H groups in total. The van der Waals surface area contributed by atoms with Gasteiger partial charge in [-0.25, -0.2) is 14.6 Å². The summed E-state index contributed by atoms with van der Waals surface area (Å²) in [6, 6.07) is 31.0. The highest BCUT2D eigenvalue weighted by Crippen LogP contribution is 2.52. The third-order valence-corrected chi connectivity index (χ3v) is 8.00. The third-order valence-electron chi connectivity index (χ3n) is 6.24. The van der Waals surface area contributed by atoms with Gasteiger partial charge in [0.05, 0.1) is 16.0 Å². The Bertz CT molecular complexity index is 1160. The van der Waals surface area contributed by atoms with E-state index in [4.69, 9.17) is 9.68 Å². The summed E-state index contributed by atoms with van der Waals surface area (Å²) in [4.78, 5) is 39.4. The van der Waals surface area contributed by atoms with Crippen LogP contribution in [0.1, 0.15) is 37.0 Å². The highest BCUT2D eigenvalue weighted by atomic mass is 32.2. The van der Waals surface area contributed by atoms with E-state index in [1.54, 1.807) is 18.7 Å². The molecule has 0 saturated carbocycles. The van der Waals surface area contributed by atoms with Gasteiger partial charge in [0, 0.05) is 13.3 Å². The van der Waals surface area contributed by atoms with Crippen molar-refractivity contribution < 1.29 is 19.3 Å². The average molecular weight is 502 g/mol. The first kappa shape index (κ1) is 24.1. The number of amides is 1. The number of hydrogen-bond donors (Lipinski definition) is 1. The molecule has 0 aliphatic carbocycles. The Morgan fingerprint density at radius 2 is 1.47 bits per heavy atom. The minimum atomic E-state index is -0.572. The van der Waals surface area contributed by atoms with E-state index in [0.29, 0.717) is 5.84 Å². The smallest absolute Gasteiger partial charge is 0.332 e. The molecule has 3 aromatic carbocycles. The molecular weight excluding hydrogens is 474 g/mol. The van der Waals surface area contributed by atoms with Crippen LogP contribution >= 0.6 is 11.8 Å². The van der Waals surface area contributed by atoms with Crippen molar-refractivity contribution in [2.75, 3.05) is 0 Å². The number of aliphatic imine (C=N–C) groups is 1. The van der Waals surface area contributed by atoms with Crippen molar-refractivity contribution in [1.82, 2.24) is 10.5 Å². The standard InChI is InChI=1S/C28H27N3O4S/c1-19-29-25(31(34-19)35-20(2)32)18-24-26(33)30-27(24)36-28(21-12-6-3-7-13-21,22-14-8-4-9-15-22)23-16-10-5-11-17-23/h3-17,19,24,27H,18H2,1-2H3,(H,30,33). The van der Waals surface area contributed by atoms with Crippen molar-refractivity contribution >= 4 is 29.5 Å². The number of hydrogen-bond acceptors (Lipinski definition) is 7. The minimum Gasteiger partial charge on any atom is -0.343 e. The normalized spacial score (nSPS) is 21.4. The Hall–Kier alpha value is -3.62. The quantitative estimate of drug-likeness (QED) is 0.358. The Morgan fingerprint density at radius 3 is 1.92 bits per heavy atom. The Kier molecular flexibility index (Phi) is 6.80. The fourth-order valence-electron chi connectivity index (χ4n) is 4.61. The van der Waals surface area contributed by atoms with E-state index in [0.717, 1.165) is 21.9 Å². The molecule has 184 valence electrons. The van der Waals surface area contributed by atoms with Gasteiger partial charge >= 0.3 is 5.97 Å². The summed E-state index contributed by atoms with van der Waals surface area (Å²) in [5.74, 6) is -0.540. The second-order valence-corrected chi connectivity index (χ2v) is 10.1. The lowest BCUT2D eigenvalue weighted by atomic mass is 9.84. The van der Waals surface area contributed by atoms with Gasteiger partial charge in [-0.2, -0.15) is 0 Å². The van der Waals surface area contributed by atoms with E-state index in [1.807, 2.05) is 54.6 Å². The summed E-state index contributed by atoms with van der Waals surface area (Å²) >= 11 is 1.70. The molecule has 0 radical (unpaired) electrons. The van der Waals surface area contributed by atoms with E-state index in [-0.39, 0.29) is 23.6 Å². The Labute approximate surface area is 214 Å². The monoisotopic (exact) mass is 501 g/mol. The van der Waals surface area contributed by atoms with Gasteiger partial charge in [-0.05, 0) is 23.6 Å². The van der Waals surface area contributed by atoms with E-state index in [2.05, 4.69) is 46.7 Å². The van der Waals surface area contributed by atoms with Gasteiger partial charge < -0.3 is 10.2 Å². The molecule has 1 amide bonds. The predicted molar refractivity (Wildman–Crippen MR) is 138 cm³/mol. The number of thioether (sulfide) groups is 1. The molecule has 7 nitrogen and oxygen atoms in total. The highest BCUT2D eigenvalue weighted by Gasteiger charge is 2.49. The predicted octanol–water partition coefficient (Wildman–Crippen LogP) is 4.64. The first-order chi connectivity index (χ1) is 17.5. The lowest BCUT2D eigenvalue weighted by molar-refractivity contribution is -0.300. The van der Waals surface area contributed by atoms with Gasteiger partial charge in [-0.3, -0.25) is 4.79 Å². The fourth-order valence-corrected chi connectivity index (χ4v) is 6.37. The summed E-state index contributed by atoms with van der Waals surface area (Å²) in [6.45, 7) is 3.05. The zero-order chi connectivity index (χ0) is 25.1. The number of amidine groups is 1. The summed E-state index contributed by atoms with van der Waals surface area (Å²) in [5.41, 5.74) is 3.34. The number of carbonyl (C=O) groups excluding carboxylic acids is 2. The van der Waals surface area contributed by atoms with Crippen LogP contribution in [0.2, 0.25) is 0 Å². The van der Waals surface area contributed by atoms with Crippen LogP contribution < -0.4 is 5.32 Å². The van der Waals surface area contributed by atoms with Crippen molar-refractivity contribution in [3.63, 3.8) is 0 Å². The van der Waals surface area contributed by atoms with Gasteiger partial charge in [0.2, 0.25) is 5.91 Å². The second-order valence-electron chi connectivity index (χ2n) is 8.73. The van der Waals surface area contributed by atoms with Gasteiger partial charge in [0.25, 0.3) is 0 Å². The van der Waals surface area contributed by atoms with Crippen molar-refractivity contribution in [3.8, 4) is 0 Å². The molecule has 1 saturated heterocycles. The molecule has 5 rings (SSSR count). The zero-order valence-corrected chi connectivity index (χ0v) is 20.9. The van der Waals surface area contributed by atoms with Crippen molar-refractivity contribution in [2.24, 2.45) is 10.9 Å². The van der Waals surface area contributed by atoms with E-state index >= 15 is 0 Å². The molecule has 0 aromatic heterocycles. The number of benzene rings is 3. The van der Waals surface area contributed by atoms with Gasteiger partial charge in [-0.1, -0.05) is 96.2 Å². The molecule has 0 bridgehead atoms. The molecule has 2 aliphatic rings. The van der Waals surface area contributed by atoms with E-state index in [1.165, 1.54) is 6.92 Å². The van der Waals surface area contributed by atoms with Crippen molar-refractivity contribution in [3.05, 3.63) is 108 Å². The van der Waals surface area contributed by atoms with Crippen LogP contribution in [-0.4, -0.2) is 34.5 Å². The molecule has 3 unspecified atom stereocenters. The summed E-state index contributed by atoms with van der Waals surface area (Å²) in [5, 5.41) is 3.93. The largest absolute Gasteiger partial charge is 0.343 e. The lowest BCUT2D eigenvalue weighted by Crippen LogP contribution is -2.58. The number of nitrogens with one attached hydrogen (secondary N) is 1. The zero-order valence-electron chi connectivity index (χ0n) is 20.0. The third kappa shape index (κ3) is 4.62. The maximum absolute atomic E-state index is 12.8. The van der Waals surface area contributed by atoms with Gasteiger partial charge in [-0.15, -0.1) is 11.8 Å². The fraction of sp³-hybridized carbons (Fsp3) is 0.250. The average Bonchev–Trinajstić information content (AvgIpc) is 3.24. The van der Waals surface area contributed by atoms with Crippen LogP contribution in [0.25, 0.3) is 0 Å². The van der Waals surface area contributed by atoms with Crippen LogP contribution in [0.3, 0.4) is 0 Å².